The summed E-state index contributed by atoms with van der Waals surface area (Å²) in [6.45, 7) is 7.65. The van der Waals surface area contributed by atoms with Gasteiger partial charge in [0.15, 0.2) is 0 Å². The van der Waals surface area contributed by atoms with Gasteiger partial charge in [-0.1, -0.05) is 0 Å². The minimum absolute atomic E-state index is 0.0214. The highest BCUT2D eigenvalue weighted by molar-refractivity contribution is 5.74. The Bertz CT molecular complexity index is 771. The van der Waals surface area contributed by atoms with Gasteiger partial charge in [0.25, 0.3) is 0 Å². The van der Waals surface area contributed by atoms with Crippen LogP contribution >= 0.6 is 0 Å². The van der Waals surface area contributed by atoms with Crippen LogP contribution in [0.1, 0.15) is 48.5 Å². The molecular formula is C18H29N7O. The second-order valence-corrected chi connectivity index (χ2v) is 7.39. The zero-order valence-corrected chi connectivity index (χ0v) is 16.4. The van der Waals surface area contributed by atoms with Crippen molar-refractivity contribution >= 4 is 6.03 Å². The zero-order chi connectivity index (χ0) is 18.8. The van der Waals surface area contributed by atoms with Gasteiger partial charge >= 0.3 is 6.03 Å². The van der Waals surface area contributed by atoms with Crippen LogP contribution in [0.25, 0.3) is 0 Å². The molecule has 8 nitrogen and oxygen atoms in total. The first kappa shape index (κ1) is 18.4. The Kier molecular flexibility index (Phi) is 5.29. The molecular weight excluding hydrogens is 330 g/mol. The molecule has 0 saturated carbocycles. The van der Waals surface area contributed by atoms with Crippen LogP contribution in [0.2, 0.25) is 0 Å². The third-order valence-corrected chi connectivity index (χ3v) is 5.43. The molecule has 1 fully saturated rings. The predicted octanol–water partition coefficient (Wildman–Crippen LogP) is 1.69. The molecule has 0 aliphatic carbocycles. The van der Waals surface area contributed by atoms with Crippen LogP contribution in [-0.2, 0) is 20.5 Å². The second-order valence-electron chi connectivity index (χ2n) is 7.39. The quantitative estimate of drug-likeness (QED) is 0.901. The number of nitrogens with zero attached hydrogens (tertiary/aromatic N) is 6. The summed E-state index contributed by atoms with van der Waals surface area (Å²) in [6, 6.07) is 0.0914. The molecule has 26 heavy (non-hydrogen) atoms. The number of urea groups is 1. The number of hydrogen-bond acceptors (Lipinski definition) is 4. The number of carbonyl (C=O) groups excluding carboxylic acids is 1. The lowest BCUT2D eigenvalue weighted by Gasteiger charge is -2.32. The molecule has 0 spiro atoms. The fourth-order valence-electron chi connectivity index (χ4n) is 3.77. The summed E-state index contributed by atoms with van der Waals surface area (Å²) in [4.78, 5) is 14.5. The molecule has 3 rings (SSSR count). The maximum atomic E-state index is 12.6. The normalized spacial score (nSPS) is 16.7. The van der Waals surface area contributed by atoms with Crippen LogP contribution in [0.4, 0.5) is 4.79 Å². The van der Waals surface area contributed by atoms with Gasteiger partial charge in [-0.3, -0.25) is 4.68 Å². The molecule has 0 bridgehead atoms. The number of carbonyl (C=O) groups is 1. The first-order valence-corrected chi connectivity index (χ1v) is 9.25. The van der Waals surface area contributed by atoms with E-state index >= 15 is 0 Å². The lowest BCUT2D eigenvalue weighted by Crippen LogP contribution is -2.47. The van der Waals surface area contributed by atoms with Gasteiger partial charge in [0.05, 0.1) is 5.69 Å². The molecule has 2 amide bonds. The monoisotopic (exact) mass is 359 g/mol. The van der Waals surface area contributed by atoms with E-state index in [1.807, 2.05) is 35.2 Å². The highest BCUT2D eigenvalue weighted by Gasteiger charge is 2.27. The Labute approximate surface area is 154 Å². The molecule has 142 valence electrons. The average molecular weight is 359 g/mol. The highest BCUT2D eigenvalue weighted by atomic mass is 16.2. The molecule has 1 aliphatic rings. The molecule has 2 aromatic rings. The zero-order valence-electron chi connectivity index (χ0n) is 16.4. The number of aryl methyl sites for hydroxylation is 3. The van der Waals surface area contributed by atoms with Crippen molar-refractivity contribution in [3.8, 4) is 0 Å². The number of aromatic nitrogens is 5. The van der Waals surface area contributed by atoms with E-state index in [0.29, 0.717) is 5.92 Å². The molecule has 1 unspecified atom stereocenters. The maximum Gasteiger partial charge on any atom is 0.317 e. The predicted molar refractivity (Wildman–Crippen MR) is 98.9 cm³/mol. The smallest absolute Gasteiger partial charge is 0.317 e. The van der Waals surface area contributed by atoms with Crippen molar-refractivity contribution < 1.29 is 4.79 Å². The standard InChI is InChI=1S/C18H29N7O/c1-12(10-16-13(2)22-24(5)14(16)3)20-18(26)25-8-6-15(7-9-25)17-21-19-11-23(17)4/h11-12,15H,6-10H2,1-5H3,(H,20,26). The number of likely N-dealkylation sites (tertiary alicyclic amines) is 1. The summed E-state index contributed by atoms with van der Waals surface area (Å²) in [5.74, 6) is 1.39. The van der Waals surface area contributed by atoms with Crippen molar-refractivity contribution in [3.05, 3.63) is 29.1 Å². The van der Waals surface area contributed by atoms with Gasteiger partial charge in [0.1, 0.15) is 12.2 Å². The average Bonchev–Trinajstić information content (AvgIpc) is 3.13. The molecule has 8 heteroatoms. The number of piperidine rings is 1. The maximum absolute atomic E-state index is 12.6. The number of rotatable bonds is 4. The van der Waals surface area contributed by atoms with Gasteiger partial charge in [-0.05, 0) is 45.6 Å². The first-order chi connectivity index (χ1) is 12.4. The van der Waals surface area contributed by atoms with Crippen molar-refractivity contribution in [2.75, 3.05) is 13.1 Å². The topological polar surface area (TPSA) is 80.9 Å². The van der Waals surface area contributed by atoms with Crippen molar-refractivity contribution in [3.63, 3.8) is 0 Å². The largest absolute Gasteiger partial charge is 0.335 e. The Hall–Kier alpha value is -2.38. The summed E-state index contributed by atoms with van der Waals surface area (Å²) in [7, 11) is 3.93. The Balaban J connectivity index is 1.52. The van der Waals surface area contributed by atoms with Crippen molar-refractivity contribution in [2.24, 2.45) is 14.1 Å². The van der Waals surface area contributed by atoms with Gasteiger partial charge in [-0.25, -0.2) is 4.79 Å². The number of amides is 2. The molecule has 2 aromatic heterocycles. The summed E-state index contributed by atoms with van der Waals surface area (Å²) >= 11 is 0. The minimum Gasteiger partial charge on any atom is -0.335 e. The fourth-order valence-corrected chi connectivity index (χ4v) is 3.77. The Morgan fingerprint density at radius 2 is 2.00 bits per heavy atom. The minimum atomic E-state index is 0.0214. The molecule has 3 heterocycles. The van der Waals surface area contributed by atoms with E-state index in [-0.39, 0.29) is 12.1 Å². The van der Waals surface area contributed by atoms with Crippen LogP contribution in [0, 0.1) is 13.8 Å². The van der Waals surface area contributed by atoms with Crippen molar-refractivity contribution in [1.82, 2.24) is 34.8 Å². The Morgan fingerprint density at radius 3 is 2.54 bits per heavy atom. The van der Waals surface area contributed by atoms with Crippen LogP contribution in [0.5, 0.6) is 0 Å². The van der Waals surface area contributed by atoms with Crippen molar-refractivity contribution in [1.29, 1.82) is 0 Å². The van der Waals surface area contributed by atoms with Crippen LogP contribution in [-0.4, -0.2) is 54.6 Å². The molecule has 1 aliphatic heterocycles. The SMILES string of the molecule is Cc1nn(C)c(C)c1CC(C)NC(=O)N1CCC(c2nncn2C)CC1. The van der Waals surface area contributed by atoms with Gasteiger partial charge in [0, 0.05) is 44.8 Å². The lowest BCUT2D eigenvalue weighted by molar-refractivity contribution is 0.177. The second kappa shape index (κ2) is 7.47. The third kappa shape index (κ3) is 3.73. The first-order valence-electron chi connectivity index (χ1n) is 9.25. The molecule has 1 saturated heterocycles. The van der Waals surface area contributed by atoms with E-state index in [0.717, 1.165) is 49.6 Å². The van der Waals surface area contributed by atoms with Crippen LogP contribution in [0.15, 0.2) is 6.33 Å². The van der Waals surface area contributed by atoms with E-state index in [9.17, 15) is 4.79 Å². The highest BCUT2D eigenvalue weighted by Crippen LogP contribution is 2.26. The van der Waals surface area contributed by atoms with E-state index < -0.39 is 0 Å². The van der Waals surface area contributed by atoms with Gasteiger partial charge in [0.2, 0.25) is 0 Å². The van der Waals surface area contributed by atoms with Gasteiger partial charge < -0.3 is 14.8 Å². The van der Waals surface area contributed by atoms with E-state index in [1.165, 1.54) is 5.56 Å². The van der Waals surface area contributed by atoms with Gasteiger partial charge in [-0.15, -0.1) is 10.2 Å². The van der Waals surface area contributed by atoms with E-state index in [2.05, 4.69) is 34.5 Å². The van der Waals surface area contributed by atoms with Crippen molar-refractivity contribution in [2.45, 2.75) is 52.0 Å². The van der Waals surface area contributed by atoms with E-state index in [4.69, 9.17) is 0 Å². The van der Waals surface area contributed by atoms with E-state index in [1.54, 1.807) is 6.33 Å². The molecule has 0 radical (unpaired) electrons. The number of nitrogens with one attached hydrogen (secondary N) is 1. The summed E-state index contributed by atoms with van der Waals surface area (Å²) in [5.41, 5.74) is 3.42. The van der Waals surface area contributed by atoms with Crippen LogP contribution < -0.4 is 5.32 Å². The third-order valence-electron chi connectivity index (χ3n) is 5.43. The summed E-state index contributed by atoms with van der Waals surface area (Å²) < 4.78 is 3.87. The summed E-state index contributed by atoms with van der Waals surface area (Å²) in [5, 5.41) is 15.8. The summed E-state index contributed by atoms with van der Waals surface area (Å²) in [6.07, 6.45) is 4.38. The van der Waals surface area contributed by atoms with Gasteiger partial charge in [-0.2, -0.15) is 5.10 Å². The Morgan fingerprint density at radius 1 is 1.31 bits per heavy atom. The molecule has 0 aromatic carbocycles. The van der Waals surface area contributed by atoms with Crippen LogP contribution in [0.3, 0.4) is 0 Å². The fraction of sp³-hybridized carbons (Fsp3) is 0.667. The number of hydrogen-bond donors (Lipinski definition) is 1. The lowest BCUT2D eigenvalue weighted by atomic mass is 9.96. The molecule has 1 N–H and O–H groups in total. The molecule has 1 atom stereocenters.